The number of anilines is 1. The fourth-order valence-electron chi connectivity index (χ4n) is 3.82. The molecule has 1 aliphatic heterocycles. The molecule has 7 heteroatoms. The number of benzene rings is 2. The minimum Gasteiger partial charge on any atom is -0.496 e. The highest BCUT2D eigenvalue weighted by Crippen LogP contribution is 2.35. The molecule has 1 amide bonds. The van der Waals surface area contributed by atoms with Crippen LogP contribution in [0, 0.1) is 0 Å². The van der Waals surface area contributed by atoms with Crippen molar-refractivity contribution in [3.05, 3.63) is 65.0 Å². The van der Waals surface area contributed by atoms with E-state index in [1.807, 2.05) is 41.8 Å². The number of aromatic nitrogens is 1. The van der Waals surface area contributed by atoms with Crippen LogP contribution in [0.15, 0.2) is 53.9 Å². The molecule has 1 unspecified atom stereocenters. The highest BCUT2D eigenvalue weighted by atomic mass is 32.1. The summed E-state index contributed by atoms with van der Waals surface area (Å²) in [6.45, 7) is 1.95. The molecule has 1 atom stereocenters. The number of hydrogen-bond acceptors (Lipinski definition) is 6. The largest absolute Gasteiger partial charge is 0.496 e. The van der Waals surface area contributed by atoms with Crippen LogP contribution in [-0.4, -0.2) is 48.8 Å². The lowest BCUT2D eigenvalue weighted by atomic mass is 10.0. The maximum Gasteiger partial charge on any atom is 0.251 e. The topological polar surface area (TPSA) is 74.7 Å². The Morgan fingerprint density at radius 1 is 1.23 bits per heavy atom. The lowest BCUT2D eigenvalue weighted by Gasteiger charge is -2.17. The van der Waals surface area contributed by atoms with Gasteiger partial charge in [-0.2, -0.15) is 0 Å². The number of nitrogens with zero attached hydrogens (tertiary/aromatic N) is 2. The Hall–Kier alpha value is -2.90. The van der Waals surface area contributed by atoms with Crippen molar-refractivity contribution in [3.63, 3.8) is 0 Å². The molecule has 31 heavy (non-hydrogen) atoms. The number of carbonyl (C=O) groups is 1. The van der Waals surface area contributed by atoms with Crippen molar-refractivity contribution < 1.29 is 14.6 Å². The third-order valence-corrected chi connectivity index (χ3v) is 6.39. The van der Waals surface area contributed by atoms with E-state index in [2.05, 4.69) is 10.2 Å². The average molecular weight is 438 g/mol. The first-order valence-corrected chi connectivity index (χ1v) is 11.4. The smallest absolute Gasteiger partial charge is 0.251 e. The van der Waals surface area contributed by atoms with Gasteiger partial charge in [0.15, 0.2) is 5.13 Å². The molecule has 1 aromatic heterocycles. The molecule has 0 radical (unpaired) electrons. The first kappa shape index (κ1) is 21.3. The summed E-state index contributed by atoms with van der Waals surface area (Å²) >= 11 is 1.62. The Balaban J connectivity index is 1.53. The van der Waals surface area contributed by atoms with E-state index in [0.29, 0.717) is 17.7 Å². The third kappa shape index (κ3) is 5.06. The van der Waals surface area contributed by atoms with Crippen LogP contribution in [0.4, 0.5) is 5.13 Å². The molecule has 1 fully saturated rings. The standard InChI is InChI=1S/C24H27N3O3S/c1-30-22-10-9-18(23(29)25-19(15-28)13-17-7-3-2-4-8-17)14-20(22)21-16-31-24(26-21)27-11-5-6-12-27/h2-4,7-10,14,16,19,28H,5-6,11-13,15H2,1H3,(H,25,29). The van der Waals surface area contributed by atoms with Crippen LogP contribution < -0.4 is 15.0 Å². The zero-order chi connectivity index (χ0) is 21.6. The monoisotopic (exact) mass is 437 g/mol. The maximum atomic E-state index is 12.9. The second-order valence-corrected chi connectivity index (χ2v) is 8.50. The molecule has 6 nitrogen and oxygen atoms in total. The maximum absolute atomic E-state index is 12.9. The number of thiazole rings is 1. The fraction of sp³-hybridized carbons (Fsp3) is 0.333. The molecule has 0 saturated carbocycles. The number of amides is 1. The molecule has 4 rings (SSSR count). The Morgan fingerprint density at radius 3 is 2.71 bits per heavy atom. The third-order valence-electron chi connectivity index (χ3n) is 5.49. The van der Waals surface area contributed by atoms with Gasteiger partial charge in [0.05, 0.1) is 25.5 Å². The van der Waals surface area contributed by atoms with Crippen LogP contribution in [0.2, 0.25) is 0 Å². The molecule has 0 bridgehead atoms. The molecule has 2 aromatic carbocycles. The lowest BCUT2D eigenvalue weighted by molar-refractivity contribution is 0.0916. The van der Waals surface area contributed by atoms with Crippen LogP contribution in [0.5, 0.6) is 5.75 Å². The van der Waals surface area contributed by atoms with E-state index in [1.54, 1.807) is 30.6 Å². The number of aliphatic hydroxyl groups is 1. The van der Waals surface area contributed by atoms with Gasteiger partial charge in [0.2, 0.25) is 0 Å². The number of aliphatic hydroxyl groups excluding tert-OH is 1. The van der Waals surface area contributed by atoms with Gasteiger partial charge in [-0.05, 0) is 43.0 Å². The Morgan fingerprint density at radius 2 is 2.00 bits per heavy atom. The van der Waals surface area contributed by atoms with Crippen LogP contribution in [0.3, 0.4) is 0 Å². The average Bonchev–Trinajstić information content (AvgIpc) is 3.51. The molecule has 2 N–H and O–H groups in total. The van der Waals surface area contributed by atoms with E-state index >= 15 is 0 Å². The van der Waals surface area contributed by atoms with Gasteiger partial charge in [-0.25, -0.2) is 4.98 Å². The number of nitrogens with one attached hydrogen (secondary N) is 1. The lowest BCUT2D eigenvalue weighted by Crippen LogP contribution is -2.39. The molecule has 0 spiro atoms. The van der Waals surface area contributed by atoms with E-state index in [9.17, 15) is 9.90 Å². The van der Waals surface area contributed by atoms with E-state index in [-0.39, 0.29) is 18.6 Å². The Bertz CT molecular complexity index is 1020. The van der Waals surface area contributed by atoms with E-state index in [0.717, 1.165) is 35.0 Å². The predicted molar refractivity (Wildman–Crippen MR) is 124 cm³/mol. The van der Waals surface area contributed by atoms with Crippen molar-refractivity contribution in [2.24, 2.45) is 0 Å². The fourth-order valence-corrected chi connectivity index (χ4v) is 4.70. The number of ether oxygens (including phenoxy) is 1. The molecule has 3 aromatic rings. The molecule has 162 valence electrons. The second kappa shape index (κ2) is 9.94. The van der Waals surface area contributed by atoms with E-state index in [4.69, 9.17) is 9.72 Å². The van der Waals surface area contributed by atoms with Gasteiger partial charge in [0, 0.05) is 29.6 Å². The van der Waals surface area contributed by atoms with Gasteiger partial charge in [-0.1, -0.05) is 30.3 Å². The van der Waals surface area contributed by atoms with Gasteiger partial charge >= 0.3 is 0 Å². The molecule has 2 heterocycles. The summed E-state index contributed by atoms with van der Waals surface area (Å²) in [6.07, 6.45) is 2.96. The van der Waals surface area contributed by atoms with Gasteiger partial charge in [0.25, 0.3) is 5.91 Å². The zero-order valence-electron chi connectivity index (χ0n) is 17.6. The molecule has 1 aliphatic rings. The van der Waals surface area contributed by atoms with Gasteiger partial charge in [0.1, 0.15) is 5.75 Å². The Labute approximate surface area is 186 Å². The zero-order valence-corrected chi connectivity index (χ0v) is 18.4. The minimum absolute atomic E-state index is 0.130. The summed E-state index contributed by atoms with van der Waals surface area (Å²) in [7, 11) is 1.62. The minimum atomic E-state index is -0.360. The van der Waals surface area contributed by atoms with Crippen molar-refractivity contribution in [3.8, 4) is 17.0 Å². The summed E-state index contributed by atoms with van der Waals surface area (Å²) in [5, 5.41) is 15.7. The van der Waals surface area contributed by atoms with Crippen molar-refractivity contribution >= 4 is 22.4 Å². The van der Waals surface area contributed by atoms with E-state index in [1.165, 1.54) is 12.8 Å². The highest BCUT2D eigenvalue weighted by molar-refractivity contribution is 7.14. The molecule has 1 saturated heterocycles. The van der Waals surface area contributed by atoms with Crippen molar-refractivity contribution in [2.45, 2.75) is 25.3 Å². The number of methoxy groups -OCH3 is 1. The SMILES string of the molecule is COc1ccc(C(=O)NC(CO)Cc2ccccc2)cc1-c1csc(N2CCCC2)n1. The van der Waals surface area contributed by atoms with Crippen LogP contribution in [-0.2, 0) is 6.42 Å². The van der Waals surface area contributed by atoms with Gasteiger partial charge < -0.3 is 20.1 Å². The summed E-state index contributed by atoms with van der Waals surface area (Å²) < 4.78 is 5.53. The summed E-state index contributed by atoms with van der Waals surface area (Å²) in [4.78, 5) is 20.0. The normalized spacial score (nSPS) is 14.5. The summed E-state index contributed by atoms with van der Waals surface area (Å²) in [5.74, 6) is 0.451. The van der Waals surface area contributed by atoms with Crippen LogP contribution in [0.1, 0.15) is 28.8 Å². The molecular formula is C24H27N3O3S. The summed E-state index contributed by atoms with van der Waals surface area (Å²) in [5.41, 5.74) is 3.18. The number of rotatable bonds is 8. The van der Waals surface area contributed by atoms with Gasteiger partial charge in [-0.15, -0.1) is 11.3 Å². The second-order valence-electron chi connectivity index (χ2n) is 7.67. The molecular weight excluding hydrogens is 410 g/mol. The van der Waals surface area contributed by atoms with Gasteiger partial charge in [-0.3, -0.25) is 4.79 Å². The van der Waals surface area contributed by atoms with Crippen molar-refractivity contribution in [1.29, 1.82) is 0 Å². The molecule has 0 aliphatic carbocycles. The number of carbonyl (C=O) groups excluding carboxylic acids is 1. The first-order chi connectivity index (χ1) is 15.2. The van der Waals surface area contributed by atoms with Crippen LogP contribution >= 0.6 is 11.3 Å². The van der Waals surface area contributed by atoms with Crippen molar-refractivity contribution in [2.75, 3.05) is 31.7 Å². The first-order valence-electron chi connectivity index (χ1n) is 10.5. The van der Waals surface area contributed by atoms with E-state index < -0.39 is 0 Å². The van der Waals surface area contributed by atoms with Crippen molar-refractivity contribution in [1.82, 2.24) is 10.3 Å². The summed E-state index contributed by atoms with van der Waals surface area (Å²) in [6, 6.07) is 14.8. The Kier molecular flexibility index (Phi) is 6.84. The predicted octanol–water partition coefficient (Wildman–Crippen LogP) is 3.75. The highest BCUT2D eigenvalue weighted by Gasteiger charge is 2.20. The number of hydrogen-bond donors (Lipinski definition) is 2. The quantitative estimate of drug-likeness (QED) is 0.561. The van der Waals surface area contributed by atoms with Crippen LogP contribution in [0.25, 0.3) is 11.3 Å².